The highest BCUT2D eigenvalue weighted by Gasteiger charge is 2.39. The molecule has 0 amide bonds. The van der Waals surface area contributed by atoms with Gasteiger partial charge in [0.05, 0.1) is 17.3 Å². The fraction of sp³-hybridized carbons (Fsp3) is 1.00. The van der Waals surface area contributed by atoms with Gasteiger partial charge in [-0.25, -0.2) is 0 Å². The summed E-state index contributed by atoms with van der Waals surface area (Å²) in [4.78, 5) is 0. The van der Waals surface area contributed by atoms with Crippen molar-refractivity contribution < 1.29 is 9.47 Å². The van der Waals surface area contributed by atoms with Gasteiger partial charge in [-0.15, -0.1) is 0 Å². The predicted molar refractivity (Wildman–Crippen MR) is 57.5 cm³/mol. The molecule has 3 nitrogen and oxygen atoms in total. The Bertz CT molecular complexity index is 189. The molecule has 1 saturated heterocycles. The zero-order valence-corrected chi connectivity index (χ0v) is 10.0. The Labute approximate surface area is 87.2 Å². The van der Waals surface area contributed by atoms with E-state index in [1.54, 1.807) is 7.11 Å². The summed E-state index contributed by atoms with van der Waals surface area (Å²) in [6.45, 7) is 10.2. The standard InChI is InChI=1S/C11H23NO2/c1-6-11(4)8-12-7-9(14-11)10(2,3)13-5/h9,12H,6-8H2,1-5H3. The van der Waals surface area contributed by atoms with E-state index in [9.17, 15) is 0 Å². The zero-order valence-electron chi connectivity index (χ0n) is 10.0. The molecule has 0 aliphatic carbocycles. The molecule has 1 heterocycles. The highest BCUT2D eigenvalue weighted by atomic mass is 16.6. The van der Waals surface area contributed by atoms with Crippen LogP contribution in [0.3, 0.4) is 0 Å². The lowest BCUT2D eigenvalue weighted by atomic mass is 9.95. The van der Waals surface area contributed by atoms with Gasteiger partial charge in [0, 0.05) is 20.2 Å². The molecule has 3 heteroatoms. The summed E-state index contributed by atoms with van der Waals surface area (Å²) in [6.07, 6.45) is 1.15. The summed E-state index contributed by atoms with van der Waals surface area (Å²) in [5.41, 5.74) is -0.261. The van der Waals surface area contributed by atoms with E-state index < -0.39 is 0 Å². The molecule has 1 rings (SSSR count). The first-order valence-corrected chi connectivity index (χ1v) is 5.37. The van der Waals surface area contributed by atoms with Crippen molar-refractivity contribution in [2.24, 2.45) is 0 Å². The van der Waals surface area contributed by atoms with Crippen LogP contribution in [-0.4, -0.2) is 37.5 Å². The molecule has 0 bridgehead atoms. The van der Waals surface area contributed by atoms with Crippen LogP contribution in [0.4, 0.5) is 0 Å². The first kappa shape index (κ1) is 12.0. The Morgan fingerprint density at radius 3 is 2.71 bits per heavy atom. The normalized spacial score (nSPS) is 34.5. The SMILES string of the molecule is CCC1(C)CNCC(C(C)(C)OC)O1. The third-order valence-electron chi connectivity index (χ3n) is 3.30. The number of nitrogens with one attached hydrogen (secondary N) is 1. The smallest absolute Gasteiger partial charge is 0.0991 e. The van der Waals surface area contributed by atoms with Gasteiger partial charge in [0.15, 0.2) is 0 Å². The lowest BCUT2D eigenvalue weighted by molar-refractivity contribution is -0.183. The number of morpholine rings is 1. The topological polar surface area (TPSA) is 30.5 Å². The molecule has 1 aliphatic rings. The van der Waals surface area contributed by atoms with E-state index in [-0.39, 0.29) is 17.3 Å². The minimum Gasteiger partial charge on any atom is -0.376 e. The maximum atomic E-state index is 6.09. The van der Waals surface area contributed by atoms with Crippen LogP contribution in [0.2, 0.25) is 0 Å². The lowest BCUT2D eigenvalue weighted by Crippen LogP contribution is -2.58. The Morgan fingerprint density at radius 1 is 1.57 bits per heavy atom. The van der Waals surface area contributed by atoms with Crippen molar-refractivity contribution in [3.05, 3.63) is 0 Å². The van der Waals surface area contributed by atoms with Gasteiger partial charge in [0.1, 0.15) is 0 Å². The van der Waals surface area contributed by atoms with Gasteiger partial charge in [-0.1, -0.05) is 6.92 Å². The van der Waals surface area contributed by atoms with Crippen LogP contribution in [0, 0.1) is 0 Å². The second-order valence-electron chi connectivity index (χ2n) is 4.85. The summed E-state index contributed by atoms with van der Waals surface area (Å²) in [5.74, 6) is 0. The first-order valence-electron chi connectivity index (χ1n) is 5.37. The van der Waals surface area contributed by atoms with Crippen molar-refractivity contribution in [1.82, 2.24) is 5.32 Å². The minimum absolute atomic E-state index is 0.0429. The van der Waals surface area contributed by atoms with Crippen LogP contribution in [0.25, 0.3) is 0 Å². The second kappa shape index (κ2) is 4.17. The van der Waals surface area contributed by atoms with Crippen LogP contribution < -0.4 is 5.32 Å². The van der Waals surface area contributed by atoms with Gasteiger partial charge in [-0.05, 0) is 27.2 Å². The van der Waals surface area contributed by atoms with E-state index in [4.69, 9.17) is 9.47 Å². The van der Waals surface area contributed by atoms with E-state index in [2.05, 4.69) is 33.0 Å². The molecule has 84 valence electrons. The highest BCUT2D eigenvalue weighted by Crippen LogP contribution is 2.27. The van der Waals surface area contributed by atoms with Crippen molar-refractivity contribution in [1.29, 1.82) is 0 Å². The summed E-state index contributed by atoms with van der Waals surface area (Å²) < 4.78 is 11.5. The average molecular weight is 201 g/mol. The maximum absolute atomic E-state index is 6.09. The van der Waals surface area contributed by atoms with E-state index in [1.807, 2.05) is 0 Å². The van der Waals surface area contributed by atoms with Crippen molar-refractivity contribution in [2.75, 3.05) is 20.2 Å². The Balaban J connectivity index is 2.65. The molecule has 0 aromatic heterocycles. The summed E-state index contributed by atoms with van der Waals surface area (Å²) in [5, 5.41) is 3.41. The number of hydrogen-bond donors (Lipinski definition) is 1. The fourth-order valence-electron chi connectivity index (χ4n) is 1.62. The van der Waals surface area contributed by atoms with Gasteiger partial charge in [-0.3, -0.25) is 0 Å². The molecular formula is C11H23NO2. The van der Waals surface area contributed by atoms with Crippen molar-refractivity contribution >= 4 is 0 Å². The molecule has 0 aromatic rings. The van der Waals surface area contributed by atoms with Crippen molar-refractivity contribution in [2.45, 2.75) is 51.4 Å². The summed E-state index contributed by atoms with van der Waals surface area (Å²) in [7, 11) is 1.74. The van der Waals surface area contributed by atoms with Crippen molar-refractivity contribution in [3.8, 4) is 0 Å². The molecule has 0 spiro atoms. The third kappa shape index (κ3) is 2.47. The molecule has 0 radical (unpaired) electrons. The van der Waals surface area contributed by atoms with Crippen LogP contribution in [-0.2, 0) is 9.47 Å². The number of rotatable bonds is 3. The number of ether oxygens (including phenoxy) is 2. The highest BCUT2D eigenvalue weighted by molar-refractivity contribution is 4.91. The van der Waals surface area contributed by atoms with Gasteiger partial charge >= 0.3 is 0 Å². The predicted octanol–water partition coefficient (Wildman–Crippen LogP) is 1.57. The molecule has 1 fully saturated rings. The van der Waals surface area contributed by atoms with E-state index >= 15 is 0 Å². The maximum Gasteiger partial charge on any atom is 0.0991 e. The fourth-order valence-corrected chi connectivity index (χ4v) is 1.62. The first-order chi connectivity index (χ1) is 6.43. The van der Waals surface area contributed by atoms with E-state index in [0.717, 1.165) is 19.5 Å². The minimum atomic E-state index is -0.218. The van der Waals surface area contributed by atoms with Gasteiger partial charge in [-0.2, -0.15) is 0 Å². The van der Waals surface area contributed by atoms with E-state index in [0.29, 0.717) is 0 Å². The largest absolute Gasteiger partial charge is 0.376 e. The second-order valence-corrected chi connectivity index (χ2v) is 4.85. The van der Waals surface area contributed by atoms with E-state index in [1.165, 1.54) is 0 Å². The lowest BCUT2D eigenvalue weighted by Gasteiger charge is -2.44. The average Bonchev–Trinajstić information content (AvgIpc) is 2.18. The van der Waals surface area contributed by atoms with Crippen LogP contribution in [0.1, 0.15) is 34.1 Å². The molecule has 0 saturated carbocycles. The van der Waals surface area contributed by atoms with Gasteiger partial charge in [0.2, 0.25) is 0 Å². The molecule has 2 atom stereocenters. The van der Waals surface area contributed by atoms with Crippen LogP contribution in [0.5, 0.6) is 0 Å². The Kier molecular flexibility index (Phi) is 3.56. The van der Waals surface area contributed by atoms with Gasteiger partial charge in [0.25, 0.3) is 0 Å². The summed E-state index contributed by atoms with van der Waals surface area (Å²) in [6, 6.07) is 0. The van der Waals surface area contributed by atoms with Gasteiger partial charge < -0.3 is 14.8 Å². The molecule has 2 unspecified atom stereocenters. The molecular weight excluding hydrogens is 178 g/mol. The molecule has 0 aromatic carbocycles. The van der Waals surface area contributed by atoms with Crippen LogP contribution >= 0.6 is 0 Å². The van der Waals surface area contributed by atoms with Crippen LogP contribution in [0.15, 0.2) is 0 Å². The monoisotopic (exact) mass is 201 g/mol. The molecule has 1 N–H and O–H groups in total. The van der Waals surface area contributed by atoms with Crippen molar-refractivity contribution in [3.63, 3.8) is 0 Å². The third-order valence-corrected chi connectivity index (χ3v) is 3.30. The molecule has 1 aliphatic heterocycles. The molecule has 14 heavy (non-hydrogen) atoms. The quantitative estimate of drug-likeness (QED) is 0.752. The Morgan fingerprint density at radius 2 is 2.21 bits per heavy atom. The Hall–Kier alpha value is -0.120. The summed E-state index contributed by atoms with van der Waals surface area (Å²) >= 11 is 0. The number of hydrogen-bond acceptors (Lipinski definition) is 3. The number of methoxy groups -OCH3 is 1. The zero-order chi connectivity index (χ0) is 10.8.